The van der Waals surface area contributed by atoms with Crippen LogP contribution in [0.3, 0.4) is 0 Å². The molecule has 2 N–H and O–H groups in total. The van der Waals surface area contributed by atoms with Gasteiger partial charge >= 0.3 is 0 Å². The highest BCUT2D eigenvalue weighted by Gasteiger charge is 2.12. The Bertz CT molecular complexity index is 545. The Hall–Kier alpha value is -1.60. The van der Waals surface area contributed by atoms with Gasteiger partial charge in [-0.05, 0) is 54.4 Å². The van der Waals surface area contributed by atoms with Crippen molar-refractivity contribution in [1.29, 1.82) is 0 Å². The number of hydrogen-bond acceptors (Lipinski definition) is 1. The summed E-state index contributed by atoms with van der Waals surface area (Å²) < 4.78 is 0. The van der Waals surface area contributed by atoms with Crippen molar-refractivity contribution >= 4 is 0 Å². The Morgan fingerprint density at radius 1 is 0.842 bits per heavy atom. The summed E-state index contributed by atoms with van der Waals surface area (Å²) in [6.45, 7) is 0. The van der Waals surface area contributed by atoms with Crippen LogP contribution < -0.4 is 5.73 Å². The quantitative estimate of drug-likeness (QED) is 0.886. The van der Waals surface area contributed by atoms with Gasteiger partial charge in [-0.15, -0.1) is 0 Å². The lowest BCUT2D eigenvalue weighted by Crippen LogP contribution is -2.25. The first-order chi connectivity index (χ1) is 9.31. The molecule has 0 saturated carbocycles. The molecule has 2 aromatic rings. The average molecular weight is 251 g/mol. The third-order valence-electron chi connectivity index (χ3n) is 4.00. The molecule has 3 rings (SSSR count). The summed E-state index contributed by atoms with van der Waals surface area (Å²) in [4.78, 5) is 0. The summed E-state index contributed by atoms with van der Waals surface area (Å²) >= 11 is 0. The molecule has 1 unspecified atom stereocenters. The van der Waals surface area contributed by atoms with Crippen LogP contribution in [0.4, 0.5) is 0 Å². The molecule has 0 amide bonds. The van der Waals surface area contributed by atoms with E-state index in [2.05, 4.69) is 48.5 Å². The van der Waals surface area contributed by atoms with Crippen molar-refractivity contribution in [3.05, 3.63) is 70.8 Å². The monoisotopic (exact) mass is 251 g/mol. The Morgan fingerprint density at radius 3 is 2.42 bits per heavy atom. The van der Waals surface area contributed by atoms with Gasteiger partial charge in [0, 0.05) is 6.04 Å². The first-order valence-corrected chi connectivity index (χ1v) is 7.21. The molecular formula is C18H21N. The normalized spacial score (nSPS) is 15.2. The molecule has 98 valence electrons. The Balaban J connectivity index is 1.65. The number of hydrogen-bond donors (Lipinski definition) is 1. The molecule has 1 aliphatic carbocycles. The van der Waals surface area contributed by atoms with Gasteiger partial charge in [-0.25, -0.2) is 0 Å². The first-order valence-electron chi connectivity index (χ1n) is 7.21. The Labute approximate surface area is 115 Å². The van der Waals surface area contributed by atoms with Crippen molar-refractivity contribution < 1.29 is 0 Å². The minimum Gasteiger partial charge on any atom is -0.327 e. The van der Waals surface area contributed by atoms with Gasteiger partial charge in [0.05, 0.1) is 0 Å². The molecule has 1 heteroatoms. The van der Waals surface area contributed by atoms with Crippen molar-refractivity contribution in [2.75, 3.05) is 0 Å². The molecule has 0 saturated heterocycles. The molecule has 0 spiro atoms. The fourth-order valence-electron chi connectivity index (χ4n) is 3.04. The lowest BCUT2D eigenvalue weighted by molar-refractivity contribution is 0.664. The first kappa shape index (κ1) is 12.4. The van der Waals surface area contributed by atoms with Gasteiger partial charge in [-0.1, -0.05) is 48.5 Å². The molecule has 0 bridgehead atoms. The second-order valence-corrected chi connectivity index (χ2v) is 5.61. The van der Waals surface area contributed by atoms with Crippen LogP contribution in [0.5, 0.6) is 0 Å². The van der Waals surface area contributed by atoms with Crippen molar-refractivity contribution in [3.8, 4) is 0 Å². The van der Waals surface area contributed by atoms with Gasteiger partial charge in [-0.2, -0.15) is 0 Å². The van der Waals surface area contributed by atoms with E-state index in [4.69, 9.17) is 5.73 Å². The molecule has 1 nitrogen and oxygen atoms in total. The molecular weight excluding hydrogens is 230 g/mol. The Morgan fingerprint density at radius 2 is 1.58 bits per heavy atom. The number of benzene rings is 2. The highest BCUT2D eigenvalue weighted by molar-refractivity contribution is 5.35. The minimum atomic E-state index is 0.210. The maximum atomic E-state index is 6.28. The largest absolute Gasteiger partial charge is 0.327 e. The fourth-order valence-corrected chi connectivity index (χ4v) is 3.04. The van der Waals surface area contributed by atoms with Gasteiger partial charge in [0.1, 0.15) is 0 Å². The van der Waals surface area contributed by atoms with E-state index in [0.29, 0.717) is 0 Å². The predicted molar refractivity (Wildman–Crippen MR) is 80.3 cm³/mol. The SMILES string of the molecule is NC(Cc1ccccc1)Cc1ccc2c(c1)CCC2. The summed E-state index contributed by atoms with van der Waals surface area (Å²) in [5, 5.41) is 0. The second kappa shape index (κ2) is 5.58. The zero-order chi connectivity index (χ0) is 13.1. The summed E-state index contributed by atoms with van der Waals surface area (Å²) in [5.74, 6) is 0. The smallest absolute Gasteiger partial charge is 0.0120 e. The van der Waals surface area contributed by atoms with Crippen LogP contribution in [0.1, 0.15) is 28.7 Å². The molecule has 1 atom stereocenters. The summed E-state index contributed by atoms with van der Waals surface area (Å²) in [6, 6.07) is 17.7. The second-order valence-electron chi connectivity index (χ2n) is 5.61. The van der Waals surface area contributed by atoms with Gasteiger partial charge in [0.15, 0.2) is 0 Å². The molecule has 1 aliphatic rings. The summed E-state index contributed by atoms with van der Waals surface area (Å²) in [7, 11) is 0. The van der Waals surface area contributed by atoms with Crippen LogP contribution in [0.15, 0.2) is 48.5 Å². The third kappa shape index (κ3) is 3.05. The van der Waals surface area contributed by atoms with Gasteiger partial charge < -0.3 is 5.73 Å². The maximum absolute atomic E-state index is 6.28. The summed E-state index contributed by atoms with van der Waals surface area (Å²) in [5.41, 5.74) is 12.1. The highest BCUT2D eigenvalue weighted by atomic mass is 14.6. The van der Waals surface area contributed by atoms with Crippen molar-refractivity contribution in [2.24, 2.45) is 5.73 Å². The number of aryl methyl sites for hydroxylation is 2. The van der Waals surface area contributed by atoms with E-state index in [1.54, 1.807) is 11.1 Å². The van der Waals surface area contributed by atoms with E-state index in [1.165, 1.54) is 30.4 Å². The molecule has 0 aromatic heterocycles. The van der Waals surface area contributed by atoms with E-state index in [0.717, 1.165) is 12.8 Å². The van der Waals surface area contributed by atoms with Gasteiger partial charge in [0.2, 0.25) is 0 Å². The van der Waals surface area contributed by atoms with E-state index in [9.17, 15) is 0 Å². The van der Waals surface area contributed by atoms with Crippen molar-refractivity contribution in [3.63, 3.8) is 0 Å². The van der Waals surface area contributed by atoms with Crippen LogP contribution in [0, 0.1) is 0 Å². The maximum Gasteiger partial charge on any atom is 0.0120 e. The lowest BCUT2D eigenvalue weighted by atomic mass is 9.97. The van der Waals surface area contributed by atoms with Crippen LogP contribution >= 0.6 is 0 Å². The molecule has 0 fully saturated rings. The standard InChI is InChI=1S/C18H21N/c19-18(12-14-5-2-1-3-6-14)13-15-9-10-16-7-4-8-17(16)11-15/h1-3,5-6,9-11,18H,4,7-8,12-13,19H2. The van der Waals surface area contributed by atoms with Crippen LogP contribution in [-0.4, -0.2) is 6.04 Å². The van der Waals surface area contributed by atoms with Crippen LogP contribution in [0.25, 0.3) is 0 Å². The zero-order valence-electron chi connectivity index (χ0n) is 11.3. The van der Waals surface area contributed by atoms with E-state index in [-0.39, 0.29) is 6.04 Å². The highest BCUT2D eigenvalue weighted by Crippen LogP contribution is 2.23. The average Bonchev–Trinajstić information content (AvgIpc) is 2.87. The van der Waals surface area contributed by atoms with Crippen LogP contribution in [-0.2, 0) is 25.7 Å². The van der Waals surface area contributed by atoms with Crippen molar-refractivity contribution in [1.82, 2.24) is 0 Å². The number of nitrogens with two attached hydrogens (primary N) is 1. The lowest BCUT2D eigenvalue weighted by Gasteiger charge is -2.13. The van der Waals surface area contributed by atoms with Gasteiger partial charge in [-0.3, -0.25) is 0 Å². The van der Waals surface area contributed by atoms with E-state index < -0.39 is 0 Å². The van der Waals surface area contributed by atoms with Crippen LogP contribution in [0.2, 0.25) is 0 Å². The molecule has 19 heavy (non-hydrogen) atoms. The van der Waals surface area contributed by atoms with Gasteiger partial charge in [0.25, 0.3) is 0 Å². The Kier molecular flexibility index (Phi) is 3.65. The molecule has 2 aromatic carbocycles. The topological polar surface area (TPSA) is 26.0 Å². The zero-order valence-corrected chi connectivity index (χ0v) is 11.3. The van der Waals surface area contributed by atoms with Crippen molar-refractivity contribution in [2.45, 2.75) is 38.1 Å². The predicted octanol–water partition coefficient (Wildman–Crippen LogP) is 3.29. The fraction of sp³-hybridized carbons (Fsp3) is 0.333. The summed E-state index contributed by atoms with van der Waals surface area (Å²) in [6.07, 6.45) is 5.75. The number of fused-ring (bicyclic) bond motifs is 1. The molecule has 0 radical (unpaired) electrons. The minimum absolute atomic E-state index is 0.210. The van der Waals surface area contributed by atoms with E-state index >= 15 is 0 Å². The van der Waals surface area contributed by atoms with E-state index in [1.807, 2.05) is 0 Å². The molecule has 0 heterocycles. The third-order valence-corrected chi connectivity index (χ3v) is 4.00. The molecule has 0 aliphatic heterocycles. The number of rotatable bonds is 4.